The highest BCUT2D eigenvalue weighted by molar-refractivity contribution is 7.80. The quantitative estimate of drug-likeness (QED) is 0.229. The van der Waals surface area contributed by atoms with E-state index in [1.807, 2.05) is 9.24 Å². The average Bonchev–Trinajstić information content (AvgIpc) is 2.33. The Bertz CT molecular complexity index is 290. The molecule has 0 aromatic carbocycles. The number of unbranched alkanes of at least 4 members (excludes halogenated alkanes) is 2. The maximum Gasteiger partial charge on any atom is 0.253 e. The molecule has 1 unspecified atom stereocenters. The molecule has 0 bridgehead atoms. The molecule has 0 aliphatic heterocycles. The lowest BCUT2D eigenvalue weighted by molar-refractivity contribution is -0.122. The lowest BCUT2D eigenvalue weighted by atomic mass is 10.1. The molecular formula is C10H20N3O3PS. The molecule has 3 amide bonds. The van der Waals surface area contributed by atoms with Crippen LogP contribution in [-0.2, 0) is 9.59 Å². The molecular weight excluding hydrogens is 273 g/mol. The summed E-state index contributed by atoms with van der Waals surface area (Å²) in [5, 5.41) is 2.72. The first-order valence-electron chi connectivity index (χ1n) is 5.78. The zero-order valence-electron chi connectivity index (χ0n) is 10.2. The summed E-state index contributed by atoms with van der Waals surface area (Å²) in [4.78, 5) is 32.8. The first kappa shape index (κ1) is 17.2. The van der Waals surface area contributed by atoms with Gasteiger partial charge in [0.05, 0.1) is 0 Å². The average molecular weight is 293 g/mol. The number of carbonyl (C=O) groups is 3. The van der Waals surface area contributed by atoms with Crippen LogP contribution in [0.25, 0.3) is 0 Å². The Balaban J connectivity index is 3.36. The fourth-order valence-electron chi connectivity index (χ4n) is 1.23. The molecule has 18 heavy (non-hydrogen) atoms. The summed E-state index contributed by atoms with van der Waals surface area (Å²) < 4.78 is 0. The Morgan fingerprint density at radius 3 is 2.11 bits per heavy atom. The number of hydrogen-bond donors (Lipinski definition) is 4. The van der Waals surface area contributed by atoms with Crippen LogP contribution in [-0.4, -0.2) is 29.8 Å². The van der Waals surface area contributed by atoms with Crippen LogP contribution < -0.4 is 16.2 Å². The summed E-state index contributed by atoms with van der Waals surface area (Å²) in [6, 6.07) is 0. The van der Waals surface area contributed by atoms with Gasteiger partial charge in [0.2, 0.25) is 11.8 Å². The van der Waals surface area contributed by atoms with E-state index in [9.17, 15) is 14.4 Å². The Hall–Kier alpha value is -0.810. The second kappa shape index (κ2) is 11.3. The van der Waals surface area contributed by atoms with Crippen LogP contribution in [0.15, 0.2) is 0 Å². The molecule has 3 N–H and O–H groups in total. The topological polar surface area (TPSA) is 87.3 Å². The van der Waals surface area contributed by atoms with Crippen LogP contribution in [0, 0.1) is 0 Å². The molecule has 0 saturated carbocycles. The molecule has 6 nitrogen and oxygen atoms in total. The van der Waals surface area contributed by atoms with Gasteiger partial charge in [0, 0.05) is 25.1 Å². The van der Waals surface area contributed by atoms with E-state index in [4.69, 9.17) is 0 Å². The monoisotopic (exact) mass is 293 g/mol. The Kier molecular flexibility index (Phi) is 10.8. The molecule has 0 aliphatic rings. The highest BCUT2D eigenvalue weighted by atomic mass is 32.1. The molecule has 0 radical (unpaired) electrons. The van der Waals surface area contributed by atoms with Gasteiger partial charge in [-0.05, 0) is 22.1 Å². The Morgan fingerprint density at radius 2 is 1.56 bits per heavy atom. The largest absolute Gasteiger partial charge is 0.355 e. The summed E-state index contributed by atoms with van der Waals surface area (Å²) in [7, 11) is 1.90. The van der Waals surface area contributed by atoms with Crippen LogP contribution in [0.3, 0.4) is 0 Å². The van der Waals surface area contributed by atoms with Gasteiger partial charge in [-0.3, -0.25) is 25.2 Å². The smallest absolute Gasteiger partial charge is 0.253 e. The van der Waals surface area contributed by atoms with Gasteiger partial charge in [-0.15, -0.1) is 0 Å². The highest BCUT2D eigenvalue weighted by Gasteiger charge is 2.03. The van der Waals surface area contributed by atoms with Crippen molar-refractivity contribution in [3.63, 3.8) is 0 Å². The van der Waals surface area contributed by atoms with Gasteiger partial charge in [-0.2, -0.15) is 12.6 Å². The molecule has 104 valence electrons. The number of thiol groups is 1. The third-order valence-corrected chi connectivity index (χ3v) is 2.43. The van der Waals surface area contributed by atoms with Gasteiger partial charge in [-0.1, -0.05) is 6.42 Å². The van der Waals surface area contributed by atoms with E-state index in [2.05, 4.69) is 28.8 Å². The predicted octanol–water partition coefficient (Wildman–Crippen LogP) is 0.599. The minimum atomic E-state index is -0.385. The summed E-state index contributed by atoms with van der Waals surface area (Å²) in [6.07, 6.45) is 3.05. The molecule has 1 atom stereocenters. The van der Waals surface area contributed by atoms with E-state index in [0.29, 0.717) is 31.6 Å². The van der Waals surface area contributed by atoms with Crippen molar-refractivity contribution in [2.45, 2.75) is 32.1 Å². The van der Waals surface area contributed by atoms with Crippen LogP contribution in [0.2, 0.25) is 0 Å². The van der Waals surface area contributed by atoms with Crippen LogP contribution in [0.5, 0.6) is 0 Å². The summed E-state index contributed by atoms with van der Waals surface area (Å²) in [6.45, 7) is 0.582. The van der Waals surface area contributed by atoms with Gasteiger partial charge in [0.25, 0.3) is 5.65 Å². The van der Waals surface area contributed by atoms with Gasteiger partial charge in [0.15, 0.2) is 0 Å². The third kappa shape index (κ3) is 11.7. The number of carbonyl (C=O) groups excluding carboxylic acids is 3. The van der Waals surface area contributed by atoms with Gasteiger partial charge < -0.3 is 5.32 Å². The minimum Gasteiger partial charge on any atom is -0.355 e. The molecule has 0 fully saturated rings. The van der Waals surface area contributed by atoms with Crippen LogP contribution in [0.1, 0.15) is 32.1 Å². The van der Waals surface area contributed by atoms with E-state index >= 15 is 0 Å². The van der Waals surface area contributed by atoms with Crippen molar-refractivity contribution in [3.8, 4) is 0 Å². The summed E-state index contributed by atoms with van der Waals surface area (Å²) >= 11 is 3.99. The standard InChI is InChI=1S/C10H20N3O3PS/c14-8(11-6-7-18)4-2-1-3-5-9(15)12-13-10(16)17/h18H,1-7,17H2,(H,11,14)(H,12,15)(H,13,16). The van der Waals surface area contributed by atoms with Crippen molar-refractivity contribution in [3.05, 3.63) is 0 Å². The maximum atomic E-state index is 11.2. The molecule has 0 saturated heterocycles. The molecule has 0 rings (SSSR count). The van der Waals surface area contributed by atoms with Crippen LogP contribution in [0.4, 0.5) is 4.79 Å². The zero-order valence-corrected chi connectivity index (χ0v) is 12.2. The van der Waals surface area contributed by atoms with Crippen molar-refractivity contribution >= 4 is 39.3 Å². The second-order valence-electron chi connectivity index (χ2n) is 3.67. The van der Waals surface area contributed by atoms with Crippen molar-refractivity contribution < 1.29 is 14.4 Å². The highest BCUT2D eigenvalue weighted by Crippen LogP contribution is 2.02. The lowest BCUT2D eigenvalue weighted by Gasteiger charge is -2.05. The zero-order chi connectivity index (χ0) is 13.8. The molecule has 8 heteroatoms. The van der Waals surface area contributed by atoms with E-state index in [0.717, 1.165) is 12.8 Å². The fraction of sp³-hybridized carbons (Fsp3) is 0.700. The predicted molar refractivity (Wildman–Crippen MR) is 76.3 cm³/mol. The summed E-state index contributed by atoms with van der Waals surface area (Å²) in [5.74, 6) is 0.418. The van der Waals surface area contributed by atoms with Gasteiger partial charge >= 0.3 is 0 Å². The number of nitrogens with one attached hydrogen (secondary N) is 3. The number of hydrogen-bond acceptors (Lipinski definition) is 4. The Labute approximate surface area is 115 Å². The lowest BCUT2D eigenvalue weighted by Crippen LogP contribution is -2.38. The maximum absolute atomic E-state index is 11.2. The minimum absolute atomic E-state index is 0.0174. The van der Waals surface area contributed by atoms with E-state index in [1.165, 1.54) is 0 Å². The van der Waals surface area contributed by atoms with Crippen molar-refractivity contribution in [1.82, 2.24) is 16.2 Å². The molecule has 0 aromatic heterocycles. The number of rotatable bonds is 8. The fourth-order valence-corrected chi connectivity index (χ4v) is 1.41. The molecule has 0 spiro atoms. The number of amides is 3. The van der Waals surface area contributed by atoms with Gasteiger partial charge in [-0.25, -0.2) is 0 Å². The first-order valence-corrected chi connectivity index (χ1v) is 6.99. The van der Waals surface area contributed by atoms with E-state index < -0.39 is 0 Å². The molecule has 0 aliphatic carbocycles. The Morgan fingerprint density at radius 1 is 0.944 bits per heavy atom. The third-order valence-electron chi connectivity index (χ3n) is 2.07. The summed E-state index contributed by atoms with van der Waals surface area (Å²) in [5.41, 5.74) is 4.06. The van der Waals surface area contributed by atoms with Crippen molar-refractivity contribution in [2.24, 2.45) is 0 Å². The number of hydrazine groups is 1. The van der Waals surface area contributed by atoms with Crippen LogP contribution >= 0.6 is 21.9 Å². The molecule has 0 heterocycles. The normalized spacial score (nSPS) is 9.67. The van der Waals surface area contributed by atoms with Crippen molar-refractivity contribution in [1.29, 1.82) is 0 Å². The molecule has 0 aromatic rings. The first-order chi connectivity index (χ1) is 8.56. The van der Waals surface area contributed by atoms with E-state index in [-0.39, 0.29) is 17.5 Å². The van der Waals surface area contributed by atoms with Crippen molar-refractivity contribution in [2.75, 3.05) is 12.3 Å². The SMILES string of the molecule is O=C(P)NNC(=O)CCCCCC(=O)NCCS. The van der Waals surface area contributed by atoms with Gasteiger partial charge in [0.1, 0.15) is 0 Å². The van der Waals surface area contributed by atoms with E-state index in [1.54, 1.807) is 0 Å². The second-order valence-corrected chi connectivity index (χ2v) is 4.64.